The lowest BCUT2D eigenvalue weighted by Gasteiger charge is -2.25. The molecule has 0 saturated carbocycles. The lowest BCUT2D eigenvalue weighted by atomic mass is 10.0. The minimum atomic E-state index is 0.742. The molecule has 2 heterocycles. The molecule has 0 radical (unpaired) electrons. The molecule has 3 nitrogen and oxygen atoms in total. The molecular weight excluding hydrogens is 198 g/mol. The first-order valence-electron chi connectivity index (χ1n) is 5.84. The number of aromatic nitrogens is 1. The summed E-state index contributed by atoms with van der Waals surface area (Å²) in [5.41, 5.74) is 9.36. The normalized spacial score (nSPS) is 17.2. The van der Waals surface area contributed by atoms with Gasteiger partial charge in [-0.05, 0) is 30.5 Å². The van der Waals surface area contributed by atoms with Crippen molar-refractivity contribution in [1.29, 1.82) is 0 Å². The molecule has 2 rings (SSSR count). The van der Waals surface area contributed by atoms with Gasteiger partial charge in [0.05, 0.1) is 5.69 Å². The van der Waals surface area contributed by atoms with E-state index in [1.807, 2.05) is 12.3 Å². The maximum Gasteiger partial charge on any atom is 0.0688 e. The zero-order valence-corrected chi connectivity index (χ0v) is 9.82. The first-order chi connectivity index (χ1) is 7.81. The van der Waals surface area contributed by atoms with Crippen molar-refractivity contribution in [2.75, 3.05) is 26.2 Å². The molecule has 3 heteroatoms. The average Bonchev–Trinajstić information content (AvgIpc) is 2.31. The van der Waals surface area contributed by atoms with Crippen molar-refractivity contribution in [3.63, 3.8) is 0 Å². The van der Waals surface area contributed by atoms with Gasteiger partial charge in [-0.15, -0.1) is 0 Å². The molecule has 0 aromatic carbocycles. The lowest BCUT2D eigenvalue weighted by molar-refractivity contribution is 0.310. The van der Waals surface area contributed by atoms with Crippen LogP contribution >= 0.6 is 0 Å². The molecule has 0 aliphatic carbocycles. The maximum absolute atomic E-state index is 5.55. The molecule has 0 atom stereocenters. The van der Waals surface area contributed by atoms with Gasteiger partial charge >= 0.3 is 0 Å². The summed E-state index contributed by atoms with van der Waals surface area (Å²) in [6, 6.07) is 4.11. The van der Waals surface area contributed by atoms with E-state index in [-0.39, 0.29) is 0 Å². The molecule has 0 unspecified atom stereocenters. The van der Waals surface area contributed by atoms with E-state index < -0.39 is 0 Å². The van der Waals surface area contributed by atoms with E-state index in [0.29, 0.717) is 0 Å². The Hall–Kier alpha value is -1.19. The van der Waals surface area contributed by atoms with Crippen LogP contribution in [0.1, 0.15) is 17.7 Å². The fourth-order valence-electron chi connectivity index (χ4n) is 2.13. The largest absolute Gasteiger partial charge is 0.329 e. The van der Waals surface area contributed by atoms with Crippen LogP contribution in [0, 0.1) is 6.92 Å². The monoisotopic (exact) mass is 217 g/mol. The van der Waals surface area contributed by atoms with Crippen LogP contribution in [0.2, 0.25) is 0 Å². The van der Waals surface area contributed by atoms with Gasteiger partial charge in [-0.25, -0.2) is 0 Å². The molecular formula is C13H19N3. The van der Waals surface area contributed by atoms with Crippen molar-refractivity contribution in [2.45, 2.75) is 13.3 Å². The molecule has 16 heavy (non-hydrogen) atoms. The van der Waals surface area contributed by atoms with E-state index in [1.54, 1.807) is 0 Å². The van der Waals surface area contributed by atoms with Gasteiger partial charge in [0.15, 0.2) is 0 Å². The number of nitrogens with zero attached hydrogens (tertiary/aromatic N) is 2. The summed E-state index contributed by atoms with van der Waals surface area (Å²) in [5.74, 6) is 0. The van der Waals surface area contributed by atoms with Crippen LogP contribution in [0.5, 0.6) is 0 Å². The molecule has 0 spiro atoms. The van der Waals surface area contributed by atoms with Gasteiger partial charge in [-0.3, -0.25) is 9.88 Å². The van der Waals surface area contributed by atoms with Gasteiger partial charge in [0.25, 0.3) is 0 Å². The molecule has 0 fully saturated rings. The first kappa shape index (κ1) is 11.3. The third-order valence-electron chi connectivity index (χ3n) is 3.05. The van der Waals surface area contributed by atoms with E-state index in [0.717, 1.165) is 38.3 Å². The minimum Gasteiger partial charge on any atom is -0.329 e. The van der Waals surface area contributed by atoms with Crippen molar-refractivity contribution in [1.82, 2.24) is 9.88 Å². The Balaban J connectivity index is 2.10. The van der Waals surface area contributed by atoms with Crippen molar-refractivity contribution in [2.24, 2.45) is 5.73 Å². The Kier molecular flexibility index (Phi) is 3.70. The Morgan fingerprint density at radius 1 is 1.50 bits per heavy atom. The number of pyridine rings is 1. The zero-order valence-electron chi connectivity index (χ0n) is 9.82. The number of hydrogen-bond acceptors (Lipinski definition) is 3. The number of nitrogens with two attached hydrogens (primary N) is 1. The average molecular weight is 217 g/mol. The van der Waals surface area contributed by atoms with Crippen molar-refractivity contribution >= 4 is 5.57 Å². The fourth-order valence-corrected chi connectivity index (χ4v) is 2.13. The van der Waals surface area contributed by atoms with Crippen LogP contribution in [0.4, 0.5) is 0 Å². The smallest absolute Gasteiger partial charge is 0.0688 e. The van der Waals surface area contributed by atoms with Gasteiger partial charge in [-0.1, -0.05) is 12.1 Å². The lowest BCUT2D eigenvalue weighted by Crippen LogP contribution is -2.33. The Bertz CT molecular complexity index is 385. The SMILES string of the molecule is Cc1cccnc1C1=CCN(CCN)CC1. The third-order valence-corrected chi connectivity index (χ3v) is 3.05. The summed E-state index contributed by atoms with van der Waals surface area (Å²) < 4.78 is 0. The predicted molar refractivity (Wildman–Crippen MR) is 67.1 cm³/mol. The van der Waals surface area contributed by atoms with Crippen LogP contribution in [0.25, 0.3) is 5.57 Å². The molecule has 1 aromatic heterocycles. The highest BCUT2D eigenvalue weighted by Crippen LogP contribution is 2.22. The highest BCUT2D eigenvalue weighted by Gasteiger charge is 2.13. The topological polar surface area (TPSA) is 42.2 Å². The second-order valence-electron chi connectivity index (χ2n) is 4.24. The fraction of sp³-hybridized carbons (Fsp3) is 0.462. The molecule has 2 N–H and O–H groups in total. The van der Waals surface area contributed by atoms with Crippen molar-refractivity contribution < 1.29 is 0 Å². The van der Waals surface area contributed by atoms with Crippen LogP contribution in [0.3, 0.4) is 0 Å². The Labute approximate surface area is 97.0 Å². The van der Waals surface area contributed by atoms with Gasteiger partial charge in [-0.2, -0.15) is 0 Å². The van der Waals surface area contributed by atoms with Crippen LogP contribution in [-0.4, -0.2) is 36.1 Å². The molecule has 0 amide bonds. The third kappa shape index (κ3) is 2.49. The number of aryl methyl sites for hydroxylation is 1. The molecule has 86 valence electrons. The van der Waals surface area contributed by atoms with Gasteiger partial charge in [0, 0.05) is 32.4 Å². The molecule has 1 aliphatic heterocycles. The predicted octanol–water partition coefficient (Wildman–Crippen LogP) is 1.44. The summed E-state index contributed by atoms with van der Waals surface area (Å²) in [7, 11) is 0. The minimum absolute atomic E-state index is 0.742. The maximum atomic E-state index is 5.55. The first-order valence-corrected chi connectivity index (χ1v) is 5.84. The molecule has 1 aromatic rings. The molecule has 0 bridgehead atoms. The summed E-state index contributed by atoms with van der Waals surface area (Å²) in [6.07, 6.45) is 5.24. The van der Waals surface area contributed by atoms with Crippen LogP contribution < -0.4 is 5.73 Å². The van der Waals surface area contributed by atoms with E-state index >= 15 is 0 Å². The second kappa shape index (κ2) is 5.23. The summed E-state index contributed by atoms with van der Waals surface area (Å²) in [5, 5.41) is 0. The quantitative estimate of drug-likeness (QED) is 0.833. The summed E-state index contributed by atoms with van der Waals surface area (Å²) >= 11 is 0. The van der Waals surface area contributed by atoms with Gasteiger partial charge in [0.1, 0.15) is 0 Å². The highest BCUT2D eigenvalue weighted by molar-refractivity contribution is 5.65. The Morgan fingerprint density at radius 2 is 2.38 bits per heavy atom. The van der Waals surface area contributed by atoms with Crippen LogP contribution in [0.15, 0.2) is 24.4 Å². The van der Waals surface area contributed by atoms with E-state index in [2.05, 4.69) is 29.0 Å². The Morgan fingerprint density at radius 3 is 3.00 bits per heavy atom. The summed E-state index contributed by atoms with van der Waals surface area (Å²) in [6.45, 7) is 5.95. The molecule has 0 saturated heterocycles. The summed E-state index contributed by atoms with van der Waals surface area (Å²) in [4.78, 5) is 6.84. The molecule has 1 aliphatic rings. The number of hydrogen-bond donors (Lipinski definition) is 1. The van der Waals surface area contributed by atoms with E-state index in [1.165, 1.54) is 11.1 Å². The second-order valence-corrected chi connectivity index (χ2v) is 4.24. The van der Waals surface area contributed by atoms with Crippen molar-refractivity contribution in [3.8, 4) is 0 Å². The zero-order chi connectivity index (χ0) is 11.4. The highest BCUT2D eigenvalue weighted by atomic mass is 15.1. The van der Waals surface area contributed by atoms with Crippen molar-refractivity contribution in [3.05, 3.63) is 35.7 Å². The number of rotatable bonds is 3. The van der Waals surface area contributed by atoms with E-state index in [9.17, 15) is 0 Å². The standard InChI is InChI=1S/C13H19N3/c1-11-3-2-7-15-13(11)12-4-8-16(9-5-12)10-6-14/h2-4,7H,5-6,8-10,14H2,1H3. The van der Waals surface area contributed by atoms with E-state index in [4.69, 9.17) is 5.73 Å². The van der Waals surface area contributed by atoms with Gasteiger partial charge < -0.3 is 5.73 Å². The van der Waals surface area contributed by atoms with Gasteiger partial charge in [0.2, 0.25) is 0 Å². The van der Waals surface area contributed by atoms with Crippen LogP contribution in [-0.2, 0) is 0 Å².